The lowest BCUT2D eigenvalue weighted by atomic mass is 9.70. The maximum atomic E-state index is 3.45. The van der Waals surface area contributed by atoms with Crippen LogP contribution in [0, 0.1) is 5.41 Å². The highest BCUT2D eigenvalue weighted by molar-refractivity contribution is 5.35. The van der Waals surface area contributed by atoms with Crippen LogP contribution in [0.25, 0.3) is 0 Å². The molecule has 0 atom stereocenters. The first-order chi connectivity index (χ1) is 9.31. The van der Waals surface area contributed by atoms with Gasteiger partial charge in [0.05, 0.1) is 0 Å². The van der Waals surface area contributed by atoms with E-state index in [0.717, 1.165) is 0 Å². The summed E-state index contributed by atoms with van der Waals surface area (Å²) in [5.74, 6) is 0. The third-order valence-corrected chi connectivity index (χ3v) is 5.21. The van der Waals surface area contributed by atoms with Gasteiger partial charge in [-0.15, -0.1) is 0 Å². The summed E-state index contributed by atoms with van der Waals surface area (Å²) in [6, 6.07) is 7.30. The third-order valence-electron chi connectivity index (χ3n) is 5.21. The van der Waals surface area contributed by atoms with E-state index in [0.29, 0.717) is 5.41 Å². The Morgan fingerprint density at radius 1 is 1.00 bits per heavy atom. The Kier molecular flexibility index (Phi) is 3.93. The van der Waals surface area contributed by atoms with Crippen molar-refractivity contribution in [2.75, 3.05) is 13.6 Å². The molecular weight excluding hydrogens is 230 g/mol. The molecule has 1 aromatic rings. The van der Waals surface area contributed by atoms with Gasteiger partial charge in [0.2, 0.25) is 0 Å². The fraction of sp³-hybridized carbons (Fsp3) is 0.667. The first kappa shape index (κ1) is 13.2. The average molecular weight is 257 g/mol. The van der Waals surface area contributed by atoms with E-state index >= 15 is 0 Å². The van der Waals surface area contributed by atoms with Gasteiger partial charge in [-0.2, -0.15) is 0 Å². The Hall–Kier alpha value is -0.820. The second kappa shape index (κ2) is 5.66. The van der Waals surface area contributed by atoms with E-state index in [1.165, 1.54) is 64.3 Å². The lowest BCUT2D eigenvalue weighted by Crippen LogP contribution is -2.36. The van der Waals surface area contributed by atoms with Crippen LogP contribution in [0.5, 0.6) is 0 Å². The Labute approximate surface area is 117 Å². The quantitative estimate of drug-likeness (QED) is 0.863. The van der Waals surface area contributed by atoms with E-state index in [-0.39, 0.29) is 0 Å². The molecule has 3 rings (SSSR count). The van der Waals surface area contributed by atoms with Crippen molar-refractivity contribution in [3.8, 4) is 0 Å². The highest BCUT2D eigenvalue weighted by atomic mass is 14.8. The molecule has 0 heterocycles. The molecule has 2 aliphatic carbocycles. The highest BCUT2D eigenvalue weighted by Crippen LogP contribution is 2.39. The molecule has 19 heavy (non-hydrogen) atoms. The molecule has 0 aliphatic heterocycles. The fourth-order valence-electron chi connectivity index (χ4n) is 4.26. The normalized spacial score (nSPS) is 21.3. The van der Waals surface area contributed by atoms with E-state index in [2.05, 4.69) is 30.6 Å². The molecular formula is C18H27N. The maximum absolute atomic E-state index is 3.45. The first-order valence-corrected chi connectivity index (χ1v) is 8.07. The molecule has 0 amide bonds. The molecule has 2 aliphatic rings. The fourth-order valence-corrected chi connectivity index (χ4v) is 4.26. The van der Waals surface area contributed by atoms with E-state index in [1.54, 1.807) is 16.7 Å². The van der Waals surface area contributed by atoms with E-state index < -0.39 is 0 Å². The number of aryl methyl sites for hydroxylation is 2. The summed E-state index contributed by atoms with van der Waals surface area (Å²) in [4.78, 5) is 0. The predicted octanol–water partition coefficient (Wildman–Crippen LogP) is 3.89. The molecule has 104 valence electrons. The molecule has 0 unspecified atom stereocenters. The van der Waals surface area contributed by atoms with Crippen molar-refractivity contribution in [1.29, 1.82) is 0 Å². The summed E-state index contributed by atoms with van der Waals surface area (Å²) in [6.07, 6.45) is 12.4. The Morgan fingerprint density at radius 3 is 2.58 bits per heavy atom. The van der Waals surface area contributed by atoms with Gasteiger partial charge in [0.15, 0.2) is 0 Å². The number of nitrogens with one attached hydrogen (secondary N) is 1. The molecule has 0 radical (unpaired) electrons. The topological polar surface area (TPSA) is 12.0 Å². The second-order valence-electron chi connectivity index (χ2n) is 6.72. The lowest BCUT2D eigenvalue weighted by molar-refractivity contribution is 0.185. The molecule has 1 nitrogen and oxygen atoms in total. The van der Waals surface area contributed by atoms with Gasteiger partial charge in [-0.25, -0.2) is 0 Å². The molecule has 1 aromatic carbocycles. The molecule has 0 aromatic heterocycles. The zero-order valence-corrected chi connectivity index (χ0v) is 12.3. The first-order valence-electron chi connectivity index (χ1n) is 8.07. The van der Waals surface area contributed by atoms with Crippen molar-refractivity contribution < 1.29 is 0 Å². The maximum Gasteiger partial charge on any atom is 0.000799 e. The van der Waals surface area contributed by atoms with Crippen molar-refractivity contribution in [2.45, 2.75) is 57.8 Å². The largest absolute Gasteiger partial charge is 0.319 e. The van der Waals surface area contributed by atoms with E-state index in [4.69, 9.17) is 0 Å². The van der Waals surface area contributed by atoms with Crippen molar-refractivity contribution in [3.63, 3.8) is 0 Å². The van der Waals surface area contributed by atoms with Crippen LogP contribution in [0.3, 0.4) is 0 Å². The van der Waals surface area contributed by atoms with Gasteiger partial charge in [-0.05, 0) is 67.7 Å². The molecule has 0 saturated heterocycles. The van der Waals surface area contributed by atoms with Crippen LogP contribution in [0.2, 0.25) is 0 Å². The number of benzene rings is 1. The molecule has 1 heteroatoms. The van der Waals surface area contributed by atoms with Gasteiger partial charge < -0.3 is 5.32 Å². The predicted molar refractivity (Wildman–Crippen MR) is 81.6 cm³/mol. The minimum absolute atomic E-state index is 0.528. The van der Waals surface area contributed by atoms with E-state index in [1.807, 2.05) is 0 Å². The summed E-state index contributed by atoms with van der Waals surface area (Å²) >= 11 is 0. The van der Waals surface area contributed by atoms with Crippen molar-refractivity contribution >= 4 is 0 Å². The zero-order chi connectivity index (χ0) is 13.1. The number of hydrogen-bond donors (Lipinski definition) is 1. The minimum atomic E-state index is 0.528. The van der Waals surface area contributed by atoms with E-state index in [9.17, 15) is 0 Å². The Balaban J connectivity index is 1.77. The summed E-state index contributed by atoms with van der Waals surface area (Å²) in [7, 11) is 2.11. The average Bonchev–Trinajstić information content (AvgIpc) is 2.87. The second-order valence-corrected chi connectivity index (χ2v) is 6.72. The van der Waals surface area contributed by atoms with Gasteiger partial charge in [0.25, 0.3) is 0 Å². The SMILES string of the molecule is CNCC1(Cc2ccc3c(c2)CCC3)CCCCC1. The Bertz CT molecular complexity index is 424. The standard InChI is InChI=1S/C18H27N/c1-19-14-18(10-3-2-4-11-18)13-15-8-9-16-6-5-7-17(16)12-15/h8-9,12,19H,2-7,10-11,13-14H2,1H3. The van der Waals surface area contributed by atoms with Gasteiger partial charge >= 0.3 is 0 Å². The van der Waals surface area contributed by atoms with Gasteiger partial charge in [0.1, 0.15) is 0 Å². The molecule has 1 saturated carbocycles. The van der Waals surface area contributed by atoms with Crippen LogP contribution in [-0.2, 0) is 19.3 Å². The summed E-state index contributed by atoms with van der Waals surface area (Å²) in [6.45, 7) is 1.18. The molecule has 1 N–H and O–H groups in total. The van der Waals surface area contributed by atoms with Crippen LogP contribution in [-0.4, -0.2) is 13.6 Å². The number of fused-ring (bicyclic) bond motifs is 1. The van der Waals surface area contributed by atoms with Gasteiger partial charge in [0, 0.05) is 6.54 Å². The van der Waals surface area contributed by atoms with Crippen LogP contribution >= 0.6 is 0 Å². The lowest BCUT2D eigenvalue weighted by Gasteiger charge is -2.37. The summed E-state index contributed by atoms with van der Waals surface area (Å²) < 4.78 is 0. The molecule has 0 bridgehead atoms. The van der Waals surface area contributed by atoms with Crippen LogP contribution < -0.4 is 5.32 Å². The van der Waals surface area contributed by atoms with Crippen LogP contribution in [0.15, 0.2) is 18.2 Å². The number of rotatable bonds is 4. The summed E-state index contributed by atoms with van der Waals surface area (Å²) in [5, 5.41) is 3.45. The molecule has 1 fully saturated rings. The zero-order valence-electron chi connectivity index (χ0n) is 12.3. The smallest absolute Gasteiger partial charge is 0.000799 e. The van der Waals surface area contributed by atoms with Crippen molar-refractivity contribution in [2.24, 2.45) is 5.41 Å². The Morgan fingerprint density at radius 2 is 1.79 bits per heavy atom. The van der Waals surface area contributed by atoms with Crippen LogP contribution in [0.1, 0.15) is 55.2 Å². The van der Waals surface area contributed by atoms with Gasteiger partial charge in [-0.1, -0.05) is 37.5 Å². The van der Waals surface area contributed by atoms with Crippen LogP contribution in [0.4, 0.5) is 0 Å². The monoisotopic (exact) mass is 257 g/mol. The van der Waals surface area contributed by atoms with Crippen molar-refractivity contribution in [1.82, 2.24) is 5.32 Å². The molecule has 0 spiro atoms. The third kappa shape index (κ3) is 2.86. The minimum Gasteiger partial charge on any atom is -0.319 e. The van der Waals surface area contributed by atoms with Gasteiger partial charge in [-0.3, -0.25) is 0 Å². The summed E-state index contributed by atoms with van der Waals surface area (Å²) in [5.41, 5.74) is 5.35. The number of hydrogen-bond acceptors (Lipinski definition) is 1. The highest BCUT2D eigenvalue weighted by Gasteiger charge is 2.31. The van der Waals surface area contributed by atoms with Crippen molar-refractivity contribution in [3.05, 3.63) is 34.9 Å².